The topological polar surface area (TPSA) is 79.7 Å². The Labute approximate surface area is 156 Å². The van der Waals surface area contributed by atoms with Gasteiger partial charge >= 0.3 is 7.12 Å². The normalized spacial score (nSPS) is 25.4. The molecule has 2 aliphatic heterocycles. The van der Waals surface area contributed by atoms with Crippen LogP contribution < -0.4 is 10.8 Å². The Morgan fingerprint density at radius 3 is 2.50 bits per heavy atom. The first-order chi connectivity index (χ1) is 12.3. The molecule has 2 aliphatic rings. The molecule has 0 amide bonds. The number of piperidine rings is 1. The molecule has 3 rings (SSSR count). The summed E-state index contributed by atoms with van der Waals surface area (Å²) in [4.78, 5) is 11.2. The van der Waals surface area contributed by atoms with Gasteiger partial charge in [-0.25, -0.2) is 9.97 Å². The first-order valence-electron chi connectivity index (χ1n) is 9.55. The zero-order chi connectivity index (χ0) is 18.8. The number of β-amino-alcohol motifs (C(OH)–C–C–N with tert-alkyl or cyclic N) is 1. The van der Waals surface area contributed by atoms with Gasteiger partial charge < -0.3 is 24.6 Å². The van der Waals surface area contributed by atoms with E-state index in [1.807, 2.05) is 27.7 Å². The minimum atomic E-state index is -0.431. The van der Waals surface area contributed by atoms with E-state index in [1.165, 1.54) is 12.8 Å². The van der Waals surface area contributed by atoms with Gasteiger partial charge in [-0.05, 0) is 53.0 Å². The summed E-state index contributed by atoms with van der Waals surface area (Å²) in [5.41, 5.74) is 0.104. The van der Waals surface area contributed by atoms with E-state index in [1.54, 1.807) is 12.4 Å². The number of rotatable bonds is 6. The SMILES string of the molecule is CC1(C)OB(c2cnc(NC[C@H]3CCCN(CCO)C3)nc2)OC1(C)C. The van der Waals surface area contributed by atoms with Crippen molar-refractivity contribution in [2.45, 2.75) is 51.7 Å². The van der Waals surface area contributed by atoms with E-state index in [0.29, 0.717) is 11.9 Å². The third kappa shape index (κ3) is 4.36. The highest BCUT2D eigenvalue weighted by atomic mass is 16.7. The summed E-state index contributed by atoms with van der Waals surface area (Å²) in [5, 5.41) is 12.4. The fraction of sp³-hybridized carbons (Fsp3) is 0.778. The van der Waals surface area contributed by atoms with Crippen molar-refractivity contribution in [3.8, 4) is 0 Å². The zero-order valence-corrected chi connectivity index (χ0v) is 16.4. The van der Waals surface area contributed by atoms with Crippen LogP contribution in [0.5, 0.6) is 0 Å². The Bertz CT molecular complexity index is 579. The number of anilines is 1. The number of nitrogens with zero attached hydrogens (tertiary/aromatic N) is 3. The maximum Gasteiger partial charge on any atom is 0.498 e. The van der Waals surface area contributed by atoms with Crippen LogP contribution in [-0.4, -0.2) is 71.1 Å². The molecule has 0 aromatic carbocycles. The summed E-state index contributed by atoms with van der Waals surface area (Å²) in [6.45, 7) is 12.1. The van der Waals surface area contributed by atoms with Crippen molar-refractivity contribution in [3.05, 3.63) is 12.4 Å². The van der Waals surface area contributed by atoms with Gasteiger partial charge in [0.2, 0.25) is 5.95 Å². The predicted octanol–water partition coefficient (Wildman–Crippen LogP) is 0.892. The van der Waals surface area contributed by atoms with Gasteiger partial charge in [-0.1, -0.05) is 0 Å². The molecule has 0 saturated carbocycles. The van der Waals surface area contributed by atoms with Crippen molar-refractivity contribution < 1.29 is 14.4 Å². The summed E-state index contributed by atoms with van der Waals surface area (Å²) in [6, 6.07) is 0. The van der Waals surface area contributed by atoms with Gasteiger partial charge in [0.15, 0.2) is 0 Å². The molecule has 0 bridgehead atoms. The van der Waals surface area contributed by atoms with Crippen molar-refractivity contribution in [2.24, 2.45) is 5.92 Å². The quantitative estimate of drug-likeness (QED) is 0.728. The van der Waals surface area contributed by atoms with Crippen LogP contribution in [0, 0.1) is 5.92 Å². The van der Waals surface area contributed by atoms with Crippen molar-refractivity contribution in [1.82, 2.24) is 14.9 Å². The largest absolute Gasteiger partial charge is 0.498 e. The average molecular weight is 362 g/mol. The highest BCUT2D eigenvalue weighted by Crippen LogP contribution is 2.36. The Morgan fingerprint density at radius 2 is 1.88 bits per heavy atom. The second-order valence-corrected chi connectivity index (χ2v) is 8.34. The first kappa shape index (κ1) is 19.5. The maximum atomic E-state index is 9.10. The number of aromatic nitrogens is 2. The Balaban J connectivity index is 1.52. The van der Waals surface area contributed by atoms with Crippen LogP contribution in [0.15, 0.2) is 12.4 Å². The van der Waals surface area contributed by atoms with Crippen LogP contribution >= 0.6 is 0 Å². The molecule has 0 unspecified atom stereocenters. The monoisotopic (exact) mass is 362 g/mol. The van der Waals surface area contributed by atoms with Gasteiger partial charge in [-0.15, -0.1) is 0 Å². The summed E-state index contributed by atoms with van der Waals surface area (Å²) < 4.78 is 12.1. The van der Waals surface area contributed by atoms with E-state index in [4.69, 9.17) is 14.4 Å². The van der Waals surface area contributed by atoms with E-state index in [2.05, 4.69) is 20.2 Å². The number of aliphatic hydroxyl groups is 1. The lowest BCUT2D eigenvalue weighted by molar-refractivity contribution is 0.00578. The van der Waals surface area contributed by atoms with E-state index in [-0.39, 0.29) is 17.8 Å². The Hall–Kier alpha value is -1.22. The molecule has 0 radical (unpaired) electrons. The molecule has 1 aromatic heterocycles. The standard InChI is InChI=1S/C18H31BN4O3/c1-17(2)18(3,4)26-19(25-17)15-11-21-16(22-12-15)20-10-14-6-5-7-23(13-14)8-9-24/h11-12,14,24H,5-10,13H2,1-4H3,(H,20,21,22)/t14-/m1/s1. The molecule has 8 heteroatoms. The Kier molecular flexibility index (Phi) is 5.86. The van der Waals surface area contributed by atoms with E-state index in [9.17, 15) is 0 Å². The lowest BCUT2D eigenvalue weighted by Crippen LogP contribution is -2.41. The third-order valence-electron chi connectivity index (χ3n) is 5.77. The summed E-state index contributed by atoms with van der Waals surface area (Å²) in [6.07, 6.45) is 5.92. The van der Waals surface area contributed by atoms with E-state index >= 15 is 0 Å². The number of aliphatic hydroxyl groups excluding tert-OH is 1. The lowest BCUT2D eigenvalue weighted by atomic mass is 9.81. The summed E-state index contributed by atoms with van der Waals surface area (Å²) in [7, 11) is -0.431. The second kappa shape index (κ2) is 7.80. The predicted molar refractivity (Wildman–Crippen MR) is 102 cm³/mol. The maximum absolute atomic E-state index is 9.10. The van der Waals surface area contributed by atoms with Crippen LogP contribution in [0.1, 0.15) is 40.5 Å². The number of likely N-dealkylation sites (tertiary alicyclic amines) is 1. The van der Waals surface area contributed by atoms with Crippen LogP contribution in [0.25, 0.3) is 0 Å². The molecule has 2 N–H and O–H groups in total. The summed E-state index contributed by atoms with van der Waals surface area (Å²) >= 11 is 0. The molecule has 1 aromatic rings. The second-order valence-electron chi connectivity index (χ2n) is 8.34. The van der Waals surface area contributed by atoms with Gasteiger partial charge in [0, 0.05) is 37.5 Å². The fourth-order valence-corrected chi connectivity index (χ4v) is 3.43. The molecular formula is C18H31BN4O3. The molecule has 7 nitrogen and oxygen atoms in total. The van der Waals surface area contributed by atoms with Crippen molar-refractivity contribution in [3.63, 3.8) is 0 Å². The number of hydrogen-bond donors (Lipinski definition) is 2. The molecule has 0 spiro atoms. The zero-order valence-electron chi connectivity index (χ0n) is 16.4. The summed E-state index contributed by atoms with van der Waals surface area (Å²) in [5.74, 6) is 1.19. The minimum Gasteiger partial charge on any atom is -0.399 e. The first-order valence-corrected chi connectivity index (χ1v) is 9.55. The lowest BCUT2D eigenvalue weighted by Gasteiger charge is -2.32. The number of nitrogens with one attached hydrogen (secondary N) is 1. The third-order valence-corrected chi connectivity index (χ3v) is 5.77. The van der Waals surface area contributed by atoms with Crippen molar-refractivity contribution in [2.75, 3.05) is 38.1 Å². The molecule has 2 saturated heterocycles. The van der Waals surface area contributed by atoms with E-state index in [0.717, 1.165) is 31.6 Å². The molecule has 144 valence electrons. The highest BCUT2D eigenvalue weighted by Gasteiger charge is 2.51. The van der Waals surface area contributed by atoms with Crippen molar-refractivity contribution in [1.29, 1.82) is 0 Å². The van der Waals surface area contributed by atoms with Crippen LogP contribution in [0.4, 0.5) is 5.95 Å². The van der Waals surface area contributed by atoms with Crippen LogP contribution in [0.3, 0.4) is 0 Å². The average Bonchev–Trinajstić information content (AvgIpc) is 2.82. The van der Waals surface area contributed by atoms with Gasteiger partial charge in [-0.3, -0.25) is 0 Å². The Morgan fingerprint density at radius 1 is 1.23 bits per heavy atom. The number of hydrogen-bond acceptors (Lipinski definition) is 7. The smallest absolute Gasteiger partial charge is 0.399 e. The molecule has 26 heavy (non-hydrogen) atoms. The minimum absolute atomic E-state index is 0.226. The molecule has 0 aliphatic carbocycles. The van der Waals surface area contributed by atoms with Crippen LogP contribution in [0.2, 0.25) is 0 Å². The molecule has 2 fully saturated rings. The van der Waals surface area contributed by atoms with Crippen molar-refractivity contribution >= 4 is 18.5 Å². The van der Waals surface area contributed by atoms with Gasteiger partial charge in [0.05, 0.1) is 17.8 Å². The fourth-order valence-electron chi connectivity index (χ4n) is 3.43. The highest BCUT2D eigenvalue weighted by molar-refractivity contribution is 6.61. The molecular weight excluding hydrogens is 331 g/mol. The molecule has 3 heterocycles. The van der Waals surface area contributed by atoms with Gasteiger partial charge in [0.25, 0.3) is 0 Å². The van der Waals surface area contributed by atoms with E-state index < -0.39 is 7.12 Å². The molecule has 1 atom stereocenters. The van der Waals surface area contributed by atoms with Crippen LogP contribution in [-0.2, 0) is 9.31 Å². The van der Waals surface area contributed by atoms with Gasteiger partial charge in [-0.2, -0.15) is 0 Å². The van der Waals surface area contributed by atoms with Gasteiger partial charge in [0.1, 0.15) is 0 Å².